The van der Waals surface area contributed by atoms with Crippen molar-refractivity contribution in [3.05, 3.63) is 35.6 Å². The quantitative estimate of drug-likeness (QED) is 0.720. The molecule has 0 aliphatic heterocycles. The van der Waals surface area contributed by atoms with Crippen LogP contribution in [-0.2, 0) is 0 Å². The van der Waals surface area contributed by atoms with Crippen LogP contribution in [0.2, 0.25) is 0 Å². The van der Waals surface area contributed by atoms with Gasteiger partial charge in [-0.15, -0.1) is 0 Å². The molecule has 1 aliphatic carbocycles. The van der Waals surface area contributed by atoms with Crippen LogP contribution in [0.4, 0.5) is 4.39 Å². The molecule has 0 radical (unpaired) electrons. The van der Waals surface area contributed by atoms with Crippen molar-refractivity contribution in [2.75, 3.05) is 0 Å². The summed E-state index contributed by atoms with van der Waals surface area (Å²) in [5, 5.41) is 9.20. The third kappa shape index (κ3) is 1.63. The van der Waals surface area contributed by atoms with Crippen molar-refractivity contribution in [1.29, 1.82) is 5.26 Å². The largest absolute Gasteiger partial charge is 0.207 e. The van der Waals surface area contributed by atoms with E-state index in [1.54, 1.807) is 12.1 Å². The minimum Gasteiger partial charge on any atom is -0.207 e. The van der Waals surface area contributed by atoms with Gasteiger partial charge in [-0.05, 0) is 36.5 Å². The molecule has 78 valence electrons. The van der Waals surface area contributed by atoms with Crippen molar-refractivity contribution in [3.63, 3.8) is 0 Å². The van der Waals surface area contributed by atoms with E-state index in [0.717, 1.165) is 24.8 Å². The molecule has 0 bridgehead atoms. The van der Waals surface area contributed by atoms with Gasteiger partial charge in [-0.3, -0.25) is 0 Å². The molecule has 2 rings (SSSR count). The molecular weight excluding hydrogens is 189 g/mol. The van der Waals surface area contributed by atoms with Crippen LogP contribution >= 0.6 is 0 Å². The molecule has 1 saturated carbocycles. The molecule has 1 aromatic carbocycles. The first kappa shape index (κ1) is 10.2. The van der Waals surface area contributed by atoms with Gasteiger partial charge in [-0.2, -0.15) is 5.26 Å². The SMILES string of the molecule is CC(c1ccc(F)cc1)C1(C#N)CCC1. The summed E-state index contributed by atoms with van der Waals surface area (Å²) in [7, 11) is 0. The molecule has 1 nitrogen and oxygen atoms in total. The fourth-order valence-corrected chi connectivity index (χ4v) is 2.27. The highest BCUT2D eigenvalue weighted by atomic mass is 19.1. The van der Waals surface area contributed by atoms with Crippen LogP contribution in [0.1, 0.15) is 37.7 Å². The topological polar surface area (TPSA) is 23.8 Å². The second-order valence-electron chi connectivity index (χ2n) is 4.39. The normalized spacial score (nSPS) is 20.1. The lowest BCUT2D eigenvalue weighted by atomic mass is 9.61. The molecule has 1 unspecified atom stereocenters. The average molecular weight is 203 g/mol. The number of nitrogens with zero attached hydrogens (tertiary/aromatic N) is 1. The Labute approximate surface area is 89.5 Å². The number of benzene rings is 1. The molecule has 0 saturated heterocycles. The van der Waals surface area contributed by atoms with Gasteiger partial charge in [0.15, 0.2) is 0 Å². The lowest BCUT2D eigenvalue weighted by Gasteiger charge is -2.40. The van der Waals surface area contributed by atoms with Gasteiger partial charge in [0, 0.05) is 0 Å². The van der Waals surface area contributed by atoms with E-state index >= 15 is 0 Å². The molecule has 0 aromatic heterocycles. The first-order chi connectivity index (χ1) is 7.18. The highest BCUT2D eigenvalue weighted by Crippen LogP contribution is 2.50. The van der Waals surface area contributed by atoms with Gasteiger partial charge in [0.1, 0.15) is 5.82 Å². The first-order valence-electron chi connectivity index (χ1n) is 5.35. The molecule has 2 heteroatoms. The second-order valence-corrected chi connectivity index (χ2v) is 4.39. The van der Waals surface area contributed by atoms with Crippen molar-refractivity contribution in [2.24, 2.45) is 5.41 Å². The van der Waals surface area contributed by atoms with Crippen molar-refractivity contribution in [2.45, 2.75) is 32.1 Å². The van der Waals surface area contributed by atoms with Crippen LogP contribution in [-0.4, -0.2) is 0 Å². The van der Waals surface area contributed by atoms with Gasteiger partial charge in [0.25, 0.3) is 0 Å². The Hall–Kier alpha value is -1.36. The molecule has 1 fully saturated rings. The number of rotatable bonds is 2. The third-order valence-corrected chi connectivity index (χ3v) is 3.67. The van der Waals surface area contributed by atoms with Crippen molar-refractivity contribution < 1.29 is 4.39 Å². The van der Waals surface area contributed by atoms with Gasteiger partial charge >= 0.3 is 0 Å². The Morgan fingerprint density at radius 3 is 2.33 bits per heavy atom. The minimum atomic E-state index is -0.217. The number of halogens is 1. The summed E-state index contributed by atoms with van der Waals surface area (Å²) in [4.78, 5) is 0. The van der Waals surface area contributed by atoms with Crippen molar-refractivity contribution in [3.8, 4) is 6.07 Å². The van der Waals surface area contributed by atoms with Crippen LogP contribution in [0.15, 0.2) is 24.3 Å². The zero-order valence-corrected chi connectivity index (χ0v) is 8.83. The summed E-state index contributed by atoms with van der Waals surface area (Å²) in [5.41, 5.74) is 0.871. The van der Waals surface area contributed by atoms with Gasteiger partial charge in [0.05, 0.1) is 11.5 Å². The average Bonchev–Trinajstić information content (AvgIpc) is 2.18. The number of nitriles is 1. The van der Waals surface area contributed by atoms with E-state index in [-0.39, 0.29) is 17.2 Å². The van der Waals surface area contributed by atoms with Gasteiger partial charge in [-0.25, -0.2) is 4.39 Å². The molecular formula is C13H14FN. The fourth-order valence-electron chi connectivity index (χ4n) is 2.27. The summed E-state index contributed by atoms with van der Waals surface area (Å²) in [6, 6.07) is 8.95. The molecule has 15 heavy (non-hydrogen) atoms. The fraction of sp³-hybridized carbons (Fsp3) is 0.462. The molecule has 0 amide bonds. The van der Waals surface area contributed by atoms with E-state index in [1.165, 1.54) is 12.1 Å². The highest BCUT2D eigenvalue weighted by molar-refractivity contribution is 5.26. The number of hydrogen-bond acceptors (Lipinski definition) is 1. The van der Waals surface area contributed by atoms with Crippen LogP contribution in [0.25, 0.3) is 0 Å². The Balaban J connectivity index is 2.24. The molecule has 0 N–H and O–H groups in total. The van der Waals surface area contributed by atoms with Gasteiger partial charge in [0.2, 0.25) is 0 Å². The van der Waals surface area contributed by atoms with E-state index in [1.807, 2.05) is 0 Å². The lowest BCUT2D eigenvalue weighted by molar-refractivity contribution is 0.175. The van der Waals surface area contributed by atoms with Gasteiger partial charge in [-0.1, -0.05) is 25.5 Å². The molecule has 1 aliphatic rings. The summed E-state index contributed by atoms with van der Waals surface area (Å²) in [6.45, 7) is 2.07. The van der Waals surface area contributed by atoms with Crippen LogP contribution < -0.4 is 0 Å². The standard InChI is InChI=1S/C13H14FN/c1-10(13(9-15)7-2-8-13)11-3-5-12(14)6-4-11/h3-6,10H,2,7-8H2,1H3. The number of hydrogen-bond donors (Lipinski definition) is 0. The Bertz CT molecular complexity index is 384. The van der Waals surface area contributed by atoms with Gasteiger partial charge < -0.3 is 0 Å². The predicted octanol–water partition coefficient (Wildman–Crippen LogP) is 3.62. The predicted molar refractivity (Wildman–Crippen MR) is 56.7 cm³/mol. The van der Waals surface area contributed by atoms with E-state index in [2.05, 4.69) is 13.0 Å². The van der Waals surface area contributed by atoms with E-state index in [4.69, 9.17) is 0 Å². The Kier molecular flexibility index (Phi) is 2.48. The third-order valence-electron chi connectivity index (χ3n) is 3.67. The van der Waals surface area contributed by atoms with Crippen LogP contribution in [0, 0.1) is 22.6 Å². The molecule has 1 aromatic rings. The van der Waals surface area contributed by atoms with Crippen molar-refractivity contribution in [1.82, 2.24) is 0 Å². The van der Waals surface area contributed by atoms with Crippen LogP contribution in [0.5, 0.6) is 0 Å². The zero-order valence-electron chi connectivity index (χ0n) is 8.83. The summed E-state index contributed by atoms with van der Waals surface area (Å²) in [5.74, 6) is -0.0117. The van der Waals surface area contributed by atoms with E-state index in [9.17, 15) is 9.65 Å². The molecule has 1 atom stereocenters. The molecule has 0 spiro atoms. The molecule has 0 heterocycles. The minimum absolute atomic E-state index is 0.197. The smallest absolute Gasteiger partial charge is 0.123 e. The summed E-state index contributed by atoms with van der Waals surface area (Å²) >= 11 is 0. The van der Waals surface area contributed by atoms with E-state index in [0.29, 0.717) is 0 Å². The zero-order chi connectivity index (χ0) is 10.9. The maximum absolute atomic E-state index is 12.8. The second kappa shape index (κ2) is 3.66. The van der Waals surface area contributed by atoms with Crippen LogP contribution in [0.3, 0.4) is 0 Å². The lowest BCUT2D eigenvalue weighted by Crippen LogP contribution is -2.33. The highest BCUT2D eigenvalue weighted by Gasteiger charge is 2.42. The summed E-state index contributed by atoms with van der Waals surface area (Å²) < 4.78 is 12.8. The Morgan fingerprint density at radius 1 is 1.33 bits per heavy atom. The maximum atomic E-state index is 12.8. The van der Waals surface area contributed by atoms with E-state index < -0.39 is 0 Å². The maximum Gasteiger partial charge on any atom is 0.123 e. The summed E-state index contributed by atoms with van der Waals surface area (Å²) in [6.07, 6.45) is 3.09. The monoisotopic (exact) mass is 203 g/mol. The Morgan fingerprint density at radius 2 is 1.93 bits per heavy atom. The van der Waals surface area contributed by atoms with Crippen molar-refractivity contribution >= 4 is 0 Å². The first-order valence-corrected chi connectivity index (χ1v) is 5.35.